The second-order valence-corrected chi connectivity index (χ2v) is 4.36. The number of oxime groups is 1. The Morgan fingerprint density at radius 1 is 1.38 bits per heavy atom. The van der Waals surface area contributed by atoms with Crippen LogP contribution in [0.15, 0.2) is 5.16 Å². The molecule has 0 bridgehead atoms. The molecule has 0 amide bonds. The normalized spacial score (nSPS) is 12.7. The van der Waals surface area contributed by atoms with Crippen molar-refractivity contribution in [1.29, 1.82) is 0 Å². The Hall–Kier alpha value is -0.810. The molecule has 0 aliphatic rings. The standard InChI is InChI=1S/C11H25N3O2/c1-10(2)4-6-14(8-9-16-3)7-5-11(12)13-15/h10,15H,4-9H2,1-3H3,(H2,12,13). The zero-order valence-corrected chi connectivity index (χ0v) is 10.6. The maximum Gasteiger partial charge on any atom is 0.140 e. The summed E-state index contributed by atoms with van der Waals surface area (Å²) in [7, 11) is 1.70. The fourth-order valence-electron chi connectivity index (χ4n) is 1.32. The Labute approximate surface area is 98.2 Å². The first kappa shape index (κ1) is 15.2. The van der Waals surface area contributed by atoms with Crippen molar-refractivity contribution in [3.8, 4) is 0 Å². The van der Waals surface area contributed by atoms with Gasteiger partial charge in [-0.1, -0.05) is 19.0 Å². The molecule has 0 fully saturated rings. The molecular weight excluding hydrogens is 206 g/mol. The van der Waals surface area contributed by atoms with E-state index in [1.165, 1.54) is 0 Å². The number of nitrogens with two attached hydrogens (primary N) is 1. The van der Waals surface area contributed by atoms with Gasteiger partial charge >= 0.3 is 0 Å². The van der Waals surface area contributed by atoms with Crippen LogP contribution in [0, 0.1) is 5.92 Å². The van der Waals surface area contributed by atoms with Crippen molar-refractivity contribution in [3.05, 3.63) is 0 Å². The molecule has 96 valence electrons. The molecule has 0 aromatic rings. The Bertz CT molecular complexity index is 196. The highest BCUT2D eigenvalue weighted by Gasteiger charge is 2.06. The van der Waals surface area contributed by atoms with E-state index in [2.05, 4.69) is 23.9 Å². The van der Waals surface area contributed by atoms with Gasteiger partial charge in [0.25, 0.3) is 0 Å². The zero-order valence-electron chi connectivity index (χ0n) is 10.6. The molecule has 5 nitrogen and oxygen atoms in total. The molecule has 16 heavy (non-hydrogen) atoms. The lowest BCUT2D eigenvalue weighted by Gasteiger charge is -2.22. The molecule has 5 heteroatoms. The lowest BCUT2D eigenvalue weighted by Crippen LogP contribution is -2.32. The highest BCUT2D eigenvalue weighted by molar-refractivity contribution is 5.79. The third-order valence-corrected chi connectivity index (χ3v) is 2.45. The highest BCUT2D eigenvalue weighted by Crippen LogP contribution is 2.02. The van der Waals surface area contributed by atoms with Crippen molar-refractivity contribution in [2.45, 2.75) is 26.7 Å². The molecule has 0 unspecified atom stereocenters. The van der Waals surface area contributed by atoms with Crippen LogP contribution in [0.4, 0.5) is 0 Å². The molecule has 0 spiro atoms. The summed E-state index contributed by atoms with van der Waals surface area (Å²) in [6.45, 7) is 7.86. The number of amidine groups is 1. The third-order valence-electron chi connectivity index (χ3n) is 2.45. The molecule has 0 aromatic heterocycles. The average molecular weight is 231 g/mol. The number of hydrogen-bond acceptors (Lipinski definition) is 4. The van der Waals surface area contributed by atoms with Gasteiger partial charge in [-0.2, -0.15) is 0 Å². The van der Waals surface area contributed by atoms with E-state index < -0.39 is 0 Å². The summed E-state index contributed by atoms with van der Waals surface area (Å²) in [5, 5.41) is 11.4. The van der Waals surface area contributed by atoms with Crippen LogP contribution in [0.25, 0.3) is 0 Å². The second kappa shape index (κ2) is 9.42. The number of ether oxygens (including phenoxy) is 1. The fraction of sp³-hybridized carbons (Fsp3) is 0.909. The molecule has 0 aromatic carbocycles. The largest absolute Gasteiger partial charge is 0.409 e. The smallest absolute Gasteiger partial charge is 0.140 e. The molecular formula is C11H25N3O2. The summed E-state index contributed by atoms with van der Waals surface area (Å²) in [5.41, 5.74) is 5.45. The van der Waals surface area contributed by atoms with Crippen LogP contribution in [0.5, 0.6) is 0 Å². The number of rotatable bonds is 9. The van der Waals surface area contributed by atoms with E-state index in [9.17, 15) is 0 Å². The van der Waals surface area contributed by atoms with E-state index in [0.29, 0.717) is 18.9 Å². The molecule has 0 saturated carbocycles. The monoisotopic (exact) mass is 231 g/mol. The predicted octanol–water partition coefficient (Wildman–Crippen LogP) is 1.12. The van der Waals surface area contributed by atoms with Gasteiger partial charge in [-0.05, 0) is 18.9 Å². The quantitative estimate of drug-likeness (QED) is 0.270. The molecule has 0 aliphatic heterocycles. The molecule has 0 atom stereocenters. The van der Waals surface area contributed by atoms with Crippen LogP contribution in [0.3, 0.4) is 0 Å². The van der Waals surface area contributed by atoms with Crippen molar-refractivity contribution in [2.75, 3.05) is 33.4 Å². The van der Waals surface area contributed by atoms with Crippen LogP contribution < -0.4 is 5.73 Å². The van der Waals surface area contributed by atoms with Gasteiger partial charge in [-0.15, -0.1) is 0 Å². The van der Waals surface area contributed by atoms with Gasteiger partial charge in [-0.3, -0.25) is 0 Å². The number of hydrogen-bond donors (Lipinski definition) is 2. The minimum atomic E-state index is 0.284. The van der Waals surface area contributed by atoms with Crippen LogP contribution >= 0.6 is 0 Å². The van der Waals surface area contributed by atoms with Gasteiger partial charge < -0.3 is 20.6 Å². The fourth-order valence-corrected chi connectivity index (χ4v) is 1.32. The van der Waals surface area contributed by atoms with Crippen molar-refractivity contribution >= 4 is 5.84 Å². The van der Waals surface area contributed by atoms with Gasteiger partial charge in [0.05, 0.1) is 6.61 Å². The van der Waals surface area contributed by atoms with Crippen LogP contribution in [-0.4, -0.2) is 49.3 Å². The van der Waals surface area contributed by atoms with Crippen molar-refractivity contribution in [1.82, 2.24) is 4.90 Å². The van der Waals surface area contributed by atoms with Crippen LogP contribution in [0.1, 0.15) is 26.7 Å². The highest BCUT2D eigenvalue weighted by atomic mass is 16.5. The van der Waals surface area contributed by atoms with Crippen LogP contribution in [-0.2, 0) is 4.74 Å². The molecule has 0 heterocycles. The zero-order chi connectivity index (χ0) is 12.4. The van der Waals surface area contributed by atoms with Crippen molar-refractivity contribution < 1.29 is 9.94 Å². The van der Waals surface area contributed by atoms with E-state index in [-0.39, 0.29) is 5.84 Å². The lowest BCUT2D eigenvalue weighted by molar-refractivity contribution is 0.146. The average Bonchev–Trinajstić information content (AvgIpc) is 2.27. The van der Waals surface area contributed by atoms with Gasteiger partial charge in [0, 0.05) is 26.6 Å². The molecule has 0 saturated heterocycles. The first-order chi connectivity index (χ1) is 7.60. The predicted molar refractivity (Wildman–Crippen MR) is 65.8 cm³/mol. The summed E-state index contributed by atoms with van der Waals surface area (Å²) >= 11 is 0. The Balaban J connectivity index is 3.89. The van der Waals surface area contributed by atoms with Crippen molar-refractivity contribution in [3.63, 3.8) is 0 Å². The second-order valence-electron chi connectivity index (χ2n) is 4.36. The Kier molecular flexibility index (Phi) is 8.94. The first-order valence-corrected chi connectivity index (χ1v) is 5.77. The summed E-state index contributed by atoms with van der Waals surface area (Å²) < 4.78 is 5.06. The topological polar surface area (TPSA) is 71.1 Å². The summed E-state index contributed by atoms with van der Waals surface area (Å²) in [5.74, 6) is 0.973. The van der Waals surface area contributed by atoms with E-state index >= 15 is 0 Å². The molecule has 3 N–H and O–H groups in total. The maximum atomic E-state index is 8.46. The molecule has 0 radical (unpaired) electrons. The number of nitrogens with zero attached hydrogens (tertiary/aromatic N) is 2. The minimum absolute atomic E-state index is 0.284. The van der Waals surface area contributed by atoms with E-state index in [1.807, 2.05) is 0 Å². The number of methoxy groups -OCH3 is 1. The van der Waals surface area contributed by atoms with Crippen molar-refractivity contribution in [2.24, 2.45) is 16.8 Å². The first-order valence-electron chi connectivity index (χ1n) is 5.77. The SMILES string of the molecule is COCCN(CCC(N)=NO)CCC(C)C. The molecule has 0 rings (SSSR count). The summed E-state index contributed by atoms with van der Waals surface area (Å²) in [6, 6.07) is 0. The lowest BCUT2D eigenvalue weighted by atomic mass is 10.1. The molecule has 0 aliphatic carbocycles. The van der Waals surface area contributed by atoms with Gasteiger partial charge in [0.15, 0.2) is 0 Å². The van der Waals surface area contributed by atoms with E-state index in [1.54, 1.807) is 7.11 Å². The summed E-state index contributed by atoms with van der Waals surface area (Å²) in [6.07, 6.45) is 1.75. The van der Waals surface area contributed by atoms with Gasteiger partial charge in [0.1, 0.15) is 5.84 Å². The summed E-state index contributed by atoms with van der Waals surface area (Å²) in [4.78, 5) is 2.28. The third kappa shape index (κ3) is 8.49. The Morgan fingerprint density at radius 2 is 2.06 bits per heavy atom. The van der Waals surface area contributed by atoms with E-state index in [4.69, 9.17) is 15.7 Å². The minimum Gasteiger partial charge on any atom is -0.409 e. The maximum absolute atomic E-state index is 8.46. The Morgan fingerprint density at radius 3 is 2.56 bits per heavy atom. The van der Waals surface area contributed by atoms with Gasteiger partial charge in [0.2, 0.25) is 0 Å². The van der Waals surface area contributed by atoms with E-state index in [0.717, 1.165) is 26.1 Å². The van der Waals surface area contributed by atoms with Gasteiger partial charge in [-0.25, -0.2) is 0 Å². The van der Waals surface area contributed by atoms with Crippen LogP contribution in [0.2, 0.25) is 0 Å².